The number of likely N-dealkylation sites (N-methyl/N-ethyl adjacent to an activating group) is 1. The molecule has 1 atom stereocenters. The molecule has 0 saturated carbocycles. The van der Waals surface area contributed by atoms with Gasteiger partial charge in [-0.2, -0.15) is 0 Å². The van der Waals surface area contributed by atoms with Gasteiger partial charge in [-0.25, -0.2) is 4.39 Å². The number of hydrogen-bond acceptors (Lipinski definition) is 5. The van der Waals surface area contributed by atoms with Gasteiger partial charge in [-0.15, -0.1) is 0 Å². The van der Waals surface area contributed by atoms with Crippen molar-refractivity contribution in [2.24, 2.45) is 0 Å². The first-order valence-electron chi connectivity index (χ1n) is 8.87. The van der Waals surface area contributed by atoms with Crippen molar-refractivity contribution in [3.63, 3.8) is 0 Å². The molecular formula is C19H24FN3O3. The summed E-state index contributed by atoms with van der Waals surface area (Å²) in [6.45, 7) is 6.85. The molecule has 1 aliphatic heterocycles. The molecule has 140 valence electrons. The molecule has 1 aliphatic rings. The first-order valence-corrected chi connectivity index (χ1v) is 8.87. The van der Waals surface area contributed by atoms with Gasteiger partial charge in [0, 0.05) is 43.2 Å². The Morgan fingerprint density at radius 3 is 2.62 bits per heavy atom. The van der Waals surface area contributed by atoms with Gasteiger partial charge in [0.25, 0.3) is 5.56 Å². The molecule has 6 nitrogen and oxygen atoms in total. The Balaban J connectivity index is 2.00. The maximum absolute atomic E-state index is 14.6. The number of rotatable bonds is 4. The fraction of sp³-hybridized carbons (Fsp3) is 0.474. The van der Waals surface area contributed by atoms with Gasteiger partial charge in [-0.05, 0) is 33.0 Å². The maximum atomic E-state index is 14.6. The average Bonchev–Trinajstić information content (AvgIpc) is 2.61. The highest BCUT2D eigenvalue weighted by Gasteiger charge is 2.22. The summed E-state index contributed by atoms with van der Waals surface area (Å²) in [5.41, 5.74) is 0.870. The van der Waals surface area contributed by atoms with E-state index in [1.807, 2.05) is 11.9 Å². The van der Waals surface area contributed by atoms with Crippen LogP contribution in [0.5, 0.6) is 0 Å². The first kappa shape index (κ1) is 18.4. The number of piperazine rings is 1. The number of anilines is 1. The minimum absolute atomic E-state index is 0.257. The molecule has 0 bridgehead atoms. The molecule has 1 aromatic carbocycles. The van der Waals surface area contributed by atoms with Crippen LogP contribution in [0.1, 0.15) is 25.3 Å². The quantitative estimate of drug-likeness (QED) is 0.845. The highest BCUT2D eigenvalue weighted by molar-refractivity contribution is 5.85. The van der Waals surface area contributed by atoms with E-state index in [0.717, 1.165) is 26.2 Å². The number of H-pyrrole nitrogens is 1. The summed E-state index contributed by atoms with van der Waals surface area (Å²) in [5, 5.41) is 0.700. The zero-order valence-electron chi connectivity index (χ0n) is 15.3. The van der Waals surface area contributed by atoms with Gasteiger partial charge in [-0.3, -0.25) is 9.59 Å². The lowest BCUT2D eigenvalue weighted by Gasteiger charge is -2.34. The topological polar surface area (TPSA) is 65.6 Å². The molecule has 0 amide bonds. The molecule has 0 spiro atoms. The summed E-state index contributed by atoms with van der Waals surface area (Å²) in [6, 6.07) is 4.76. The number of nitrogens with one attached hydrogen (secondary N) is 1. The second kappa shape index (κ2) is 7.45. The van der Waals surface area contributed by atoms with Crippen LogP contribution in [0, 0.1) is 5.82 Å². The van der Waals surface area contributed by atoms with Crippen molar-refractivity contribution >= 4 is 22.6 Å². The van der Waals surface area contributed by atoms with Gasteiger partial charge in [0.15, 0.2) is 0 Å². The highest BCUT2D eigenvalue weighted by Crippen LogP contribution is 2.27. The van der Waals surface area contributed by atoms with Crippen molar-refractivity contribution in [2.45, 2.75) is 19.8 Å². The normalized spacial score (nSPS) is 16.7. The molecule has 0 radical (unpaired) electrons. The number of nitrogens with zero attached hydrogens (tertiary/aromatic N) is 2. The number of carbonyl (C=O) groups excluding carboxylic acids is 1. The Morgan fingerprint density at radius 1 is 1.27 bits per heavy atom. The Morgan fingerprint density at radius 2 is 1.96 bits per heavy atom. The predicted octanol–water partition coefficient (Wildman–Crippen LogP) is 2.09. The third-order valence-corrected chi connectivity index (χ3v) is 4.89. The van der Waals surface area contributed by atoms with E-state index in [2.05, 4.69) is 9.88 Å². The standard InChI is InChI=1S/C19H24FN3O3/c1-4-26-19(25)12(2)14-9-13-10-17(23-7-5-22(3)6-8-23)15(20)11-16(13)21-18(14)24/h9-12H,4-8H2,1-3H3,(H,21,24). The molecule has 2 heterocycles. The second-order valence-corrected chi connectivity index (χ2v) is 6.71. The number of hydrogen-bond donors (Lipinski definition) is 1. The predicted molar refractivity (Wildman–Crippen MR) is 99.3 cm³/mol. The molecule has 26 heavy (non-hydrogen) atoms. The lowest BCUT2D eigenvalue weighted by molar-refractivity contribution is -0.144. The van der Waals surface area contributed by atoms with Crippen molar-refractivity contribution in [3.05, 3.63) is 39.9 Å². The highest BCUT2D eigenvalue weighted by atomic mass is 19.1. The largest absolute Gasteiger partial charge is 0.466 e. The SMILES string of the molecule is CCOC(=O)C(C)c1cc2cc(N3CCN(C)CC3)c(F)cc2[nH]c1=O. The van der Waals surface area contributed by atoms with Crippen LogP contribution >= 0.6 is 0 Å². The number of halogens is 1. The summed E-state index contributed by atoms with van der Waals surface area (Å²) in [7, 11) is 2.04. The zero-order valence-corrected chi connectivity index (χ0v) is 15.3. The van der Waals surface area contributed by atoms with E-state index in [1.54, 1.807) is 26.0 Å². The summed E-state index contributed by atoms with van der Waals surface area (Å²) >= 11 is 0. The van der Waals surface area contributed by atoms with Crippen molar-refractivity contribution < 1.29 is 13.9 Å². The van der Waals surface area contributed by atoms with E-state index in [1.165, 1.54) is 6.07 Å². The molecule has 7 heteroatoms. The fourth-order valence-electron chi connectivity index (χ4n) is 3.24. The van der Waals surface area contributed by atoms with Gasteiger partial charge in [0.1, 0.15) is 5.82 Å². The van der Waals surface area contributed by atoms with E-state index in [9.17, 15) is 14.0 Å². The minimum Gasteiger partial charge on any atom is -0.466 e. The number of carbonyl (C=O) groups is 1. The lowest BCUT2D eigenvalue weighted by atomic mass is 10.0. The molecule has 1 N–H and O–H groups in total. The molecular weight excluding hydrogens is 337 g/mol. The number of ether oxygens (including phenoxy) is 1. The third-order valence-electron chi connectivity index (χ3n) is 4.89. The Bertz CT molecular complexity index is 872. The summed E-state index contributed by atoms with van der Waals surface area (Å²) in [5.74, 6) is -1.48. The van der Waals surface area contributed by atoms with E-state index in [4.69, 9.17) is 4.74 Å². The van der Waals surface area contributed by atoms with Crippen molar-refractivity contribution in [2.75, 3.05) is 44.7 Å². The molecule has 1 aromatic heterocycles. The maximum Gasteiger partial charge on any atom is 0.313 e. The number of esters is 1. The average molecular weight is 361 g/mol. The number of pyridine rings is 1. The summed E-state index contributed by atoms with van der Waals surface area (Å²) in [6.07, 6.45) is 0. The van der Waals surface area contributed by atoms with Crippen LogP contribution in [0.15, 0.2) is 23.0 Å². The molecule has 2 aromatic rings. The second-order valence-electron chi connectivity index (χ2n) is 6.71. The summed E-state index contributed by atoms with van der Waals surface area (Å²) < 4.78 is 19.6. The van der Waals surface area contributed by atoms with Crippen LogP contribution < -0.4 is 10.5 Å². The van der Waals surface area contributed by atoms with Crippen LogP contribution in [-0.2, 0) is 9.53 Å². The summed E-state index contributed by atoms with van der Waals surface area (Å²) in [4.78, 5) is 31.2. The monoisotopic (exact) mass is 361 g/mol. The number of aromatic amines is 1. The molecule has 1 fully saturated rings. The van der Waals surface area contributed by atoms with Crippen molar-refractivity contribution in [1.82, 2.24) is 9.88 Å². The van der Waals surface area contributed by atoms with E-state index in [-0.39, 0.29) is 12.4 Å². The van der Waals surface area contributed by atoms with Gasteiger partial charge >= 0.3 is 5.97 Å². The molecule has 1 saturated heterocycles. The van der Waals surface area contributed by atoms with Crippen LogP contribution in [0.2, 0.25) is 0 Å². The van der Waals surface area contributed by atoms with Gasteiger partial charge in [0.05, 0.1) is 23.7 Å². The van der Waals surface area contributed by atoms with Crippen LogP contribution in [-0.4, -0.2) is 55.7 Å². The minimum atomic E-state index is -0.680. The number of aromatic nitrogens is 1. The number of fused-ring (bicyclic) bond motifs is 1. The van der Waals surface area contributed by atoms with Crippen molar-refractivity contribution in [3.8, 4) is 0 Å². The van der Waals surface area contributed by atoms with Crippen molar-refractivity contribution in [1.29, 1.82) is 0 Å². The molecule has 0 aliphatic carbocycles. The third kappa shape index (κ3) is 3.58. The number of benzene rings is 1. The molecule has 1 unspecified atom stereocenters. The smallest absolute Gasteiger partial charge is 0.313 e. The Hall–Kier alpha value is -2.41. The molecule has 3 rings (SSSR count). The van der Waals surface area contributed by atoms with Crippen LogP contribution in [0.25, 0.3) is 10.9 Å². The van der Waals surface area contributed by atoms with Crippen LogP contribution in [0.3, 0.4) is 0 Å². The Kier molecular flexibility index (Phi) is 5.27. The van der Waals surface area contributed by atoms with Crippen LogP contribution in [0.4, 0.5) is 10.1 Å². The van der Waals surface area contributed by atoms with E-state index >= 15 is 0 Å². The van der Waals surface area contributed by atoms with Gasteiger partial charge in [0.2, 0.25) is 0 Å². The lowest BCUT2D eigenvalue weighted by Crippen LogP contribution is -2.44. The first-order chi connectivity index (χ1) is 12.4. The Labute approximate surface area is 151 Å². The van der Waals surface area contributed by atoms with E-state index < -0.39 is 17.4 Å². The van der Waals surface area contributed by atoms with Gasteiger partial charge in [-0.1, -0.05) is 0 Å². The fourth-order valence-corrected chi connectivity index (χ4v) is 3.24. The zero-order chi connectivity index (χ0) is 18.8. The van der Waals surface area contributed by atoms with E-state index in [0.29, 0.717) is 22.2 Å². The van der Waals surface area contributed by atoms with Gasteiger partial charge < -0.3 is 19.5 Å².